The minimum Gasteiger partial charge on any atom is -0.480 e. The first-order valence-electron chi connectivity index (χ1n) is 6.65. The van der Waals surface area contributed by atoms with E-state index in [4.69, 9.17) is 5.11 Å². The van der Waals surface area contributed by atoms with Gasteiger partial charge in [0.05, 0.1) is 0 Å². The maximum absolute atomic E-state index is 12.4. The van der Waals surface area contributed by atoms with Gasteiger partial charge < -0.3 is 10.0 Å². The maximum Gasteiger partial charge on any atom is 0.326 e. The second-order valence-corrected chi connectivity index (χ2v) is 5.35. The standard InChI is InChI=1S/C13H17N3O3/c1-15-11(8-4-5-8)7-9(14-15)12(17)16-6-2-3-10(16)13(18)19/h7-8,10H,2-6H2,1H3,(H,18,19)/t10-/m0/s1. The Morgan fingerprint density at radius 2 is 2.11 bits per heavy atom. The fourth-order valence-electron chi connectivity index (χ4n) is 2.76. The number of rotatable bonds is 3. The van der Waals surface area contributed by atoms with Crippen LogP contribution in [0.25, 0.3) is 0 Å². The van der Waals surface area contributed by atoms with Gasteiger partial charge in [0.2, 0.25) is 0 Å². The first-order valence-corrected chi connectivity index (χ1v) is 6.65. The molecule has 1 N–H and O–H groups in total. The summed E-state index contributed by atoms with van der Waals surface area (Å²) in [5.74, 6) is -0.663. The molecule has 1 saturated heterocycles. The molecule has 0 aromatic carbocycles. The number of carboxylic acid groups (broad SMARTS) is 1. The summed E-state index contributed by atoms with van der Waals surface area (Å²) in [6.07, 6.45) is 3.57. The van der Waals surface area contributed by atoms with E-state index in [0.717, 1.165) is 25.0 Å². The van der Waals surface area contributed by atoms with Crippen LogP contribution in [-0.4, -0.2) is 44.3 Å². The van der Waals surface area contributed by atoms with E-state index < -0.39 is 12.0 Å². The smallest absolute Gasteiger partial charge is 0.326 e. The summed E-state index contributed by atoms with van der Waals surface area (Å²) in [7, 11) is 1.84. The van der Waals surface area contributed by atoms with Crippen molar-refractivity contribution in [1.82, 2.24) is 14.7 Å². The summed E-state index contributed by atoms with van der Waals surface area (Å²) in [6, 6.07) is 1.12. The Kier molecular flexibility index (Phi) is 2.80. The van der Waals surface area contributed by atoms with Crippen molar-refractivity contribution in [2.24, 2.45) is 7.05 Å². The Morgan fingerprint density at radius 3 is 2.74 bits per heavy atom. The van der Waals surface area contributed by atoms with E-state index in [1.54, 1.807) is 4.68 Å². The lowest BCUT2D eigenvalue weighted by Crippen LogP contribution is -2.40. The SMILES string of the molecule is Cn1nc(C(=O)N2CCC[C@H]2C(=O)O)cc1C1CC1. The third-order valence-corrected chi connectivity index (χ3v) is 3.93. The minimum absolute atomic E-state index is 0.257. The van der Waals surface area contributed by atoms with Gasteiger partial charge in [-0.05, 0) is 31.7 Å². The Morgan fingerprint density at radius 1 is 1.37 bits per heavy atom. The van der Waals surface area contributed by atoms with Crippen molar-refractivity contribution in [1.29, 1.82) is 0 Å². The van der Waals surface area contributed by atoms with Crippen LogP contribution in [0.3, 0.4) is 0 Å². The van der Waals surface area contributed by atoms with Crippen LogP contribution in [0.5, 0.6) is 0 Å². The van der Waals surface area contributed by atoms with Gasteiger partial charge in [0.15, 0.2) is 5.69 Å². The molecule has 1 atom stereocenters. The van der Waals surface area contributed by atoms with E-state index in [0.29, 0.717) is 24.6 Å². The normalized spacial score (nSPS) is 22.8. The van der Waals surface area contributed by atoms with Crippen molar-refractivity contribution in [3.63, 3.8) is 0 Å². The summed E-state index contributed by atoms with van der Waals surface area (Å²) in [4.78, 5) is 24.9. The predicted octanol–water partition coefficient (Wildman–Crippen LogP) is 0.987. The molecule has 6 nitrogen and oxygen atoms in total. The van der Waals surface area contributed by atoms with Crippen LogP contribution in [-0.2, 0) is 11.8 Å². The van der Waals surface area contributed by atoms with Crippen molar-refractivity contribution in [2.45, 2.75) is 37.6 Å². The fourth-order valence-corrected chi connectivity index (χ4v) is 2.76. The average molecular weight is 263 g/mol. The van der Waals surface area contributed by atoms with Crippen LogP contribution in [0.1, 0.15) is 47.8 Å². The molecule has 0 spiro atoms. The van der Waals surface area contributed by atoms with Crippen molar-refractivity contribution in [3.8, 4) is 0 Å². The molecule has 2 fully saturated rings. The van der Waals surface area contributed by atoms with E-state index in [9.17, 15) is 9.59 Å². The molecular weight excluding hydrogens is 246 g/mol. The summed E-state index contributed by atoms with van der Waals surface area (Å²) < 4.78 is 1.75. The quantitative estimate of drug-likeness (QED) is 0.882. The number of carboxylic acids is 1. The van der Waals surface area contributed by atoms with E-state index in [1.807, 2.05) is 13.1 Å². The highest BCUT2D eigenvalue weighted by Crippen LogP contribution is 2.40. The number of aromatic nitrogens is 2. The highest BCUT2D eigenvalue weighted by atomic mass is 16.4. The lowest BCUT2D eigenvalue weighted by atomic mass is 10.2. The lowest BCUT2D eigenvalue weighted by molar-refractivity contribution is -0.141. The van der Waals surface area contributed by atoms with Gasteiger partial charge in [-0.3, -0.25) is 9.48 Å². The number of likely N-dealkylation sites (tertiary alicyclic amines) is 1. The molecule has 1 aliphatic heterocycles. The molecule has 0 radical (unpaired) electrons. The van der Waals surface area contributed by atoms with E-state index in [2.05, 4.69) is 5.10 Å². The second kappa shape index (κ2) is 4.36. The first kappa shape index (κ1) is 12.2. The molecule has 102 valence electrons. The van der Waals surface area contributed by atoms with Crippen LogP contribution in [0, 0.1) is 0 Å². The molecule has 1 saturated carbocycles. The predicted molar refractivity (Wildman–Crippen MR) is 66.9 cm³/mol. The first-order chi connectivity index (χ1) is 9.08. The van der Waals surface area contributed by atoms with Crippen LogP contribution in [0.4, 0.5) is 0 Å². The minimum atomic E-state index is -0.927. The zero-order valence-corrected chi connectivity index (χ0v) is 10.9. The van der Waals surface area contributed by atoms with Crippen molar-refractivity contribution in [3.05, 3.63) is 17.5 Å². The van der Waals surface area contributed by atoms with Gasteiger partial charge in [-0.15, -0.1) is 0 Å². The monoisotopic (exact) mass is 263 g/mol. The fraction of sp³-hybridized carbons (Fsp3) is 0.615. The summed E-state index contributed by atoms with van der Waals surface area (Å²) in [5, 5.41) is 13.4. The molecule has 3 rings (SSSR count). The molecule has 1 aromatic heterocycles. The van der Waals surface area contributed by atoms with E-state index in [-0.39, 0.29) is 5.91 Å². The highest BCUT2D eigenvalue weighted by Gasteiger charge is 2.36. The molecule has 2 aliphatic rings. The Hall–Kier alpha value is -1.85. The zero-order chi connectivity index (χ0) is 13.6. The number of carbonyl (C=O) groups is 2. The zero-order valence-electron chi connectivity index (χ0n) is 10.9. The molecule has 2 heterocycles. The van der Waals surface area contributed by atoms with Gasteiger partial charge in [-0.1, -0.05) is 0 Å². The van der Waals surface area contributed by atoms with E-state index >= 15 is 0 Å². The van der Waals surface area contributed by atoms with Gasteiger partial charge in [0.1, 0.15) is 6.04 Å². The number of amides is 1. The third kappa shape index (κ3) is 2.11. The average Bonchev–Trinajstić information content (AvgIpc) is 2.95. The molecule has 1 aromatic rings. The molecule has 0 unspecified atom stereocenters. The number of aliphatic carboxylic acids is 1. The molecule has 19 heavy (non-hydrogen) atoms. The molecular formula is C13H17N3O3. The number of hydrogen-bond acceptors (Lipinski definition) is 3. The molecule has 1 aliphatic carbocycles. The molecule has 1 amide bonds. The summed E-state index contributed by atoms with van der Waals surface area (Å²) >= 11 is 0. The van der Waals surface area contributed by atoms with Gasteiger partial charge in [0, 0.05) is 25.2 Å². The lowest BCUT2D eigenvalue weighted by Gasteiger charge is -2.19. The number of carbonyl (C=O) groups excluding carboxylic acids is 1. The van der Waals surface area contributed by atoms with Crippen LogP contribution >= 0.6 is 0 Å². The maximum atomic E-state index is 12.4. The molecule has 6 heteroatoms. The van der Waals surface area contributed by atoms with Crippen LogP contribution < -0.4 is 0 Å². The Balaban J connectivity index is 1.83. The van der Waals surface area contributed by atoms with Gasteiger partial charge in [-0.25, -0.2) is 4.79 Å². The van der Waals surface area contributed by atoms with Gasteiger partial charge in [0.25, 0.3) is 5.91 Å². The van der Waals surface area contributed by atoms with Crippen LogP contribution in [0.15, 0.2) is 6.07 Å². The summed E-state index contributed by atoms with van der Waals surface area (Å²) in [5.41, 5.74) is 1.45. The number of hydrogen-bond donors (Lipinski definition) is 1. The Labute approximate surface area is 111 Å². The van der Waals surface area contributed by atoms with Crippen molar-refractivity contribution >= 4 is 11.9 Å². The molecule has 0 bridgehead atoms. The van der Waals surface area contributed by atoms with Gasteiger partial charge >= 0.3 is 5.97 Å². The van der Waals surface area contributed by atoms with Crippen molar-refractivity contribution in [2.75, 3.05) is 6.54 Å². The third-order valence-electron chi connectivity index (χ3n) is 3.93. The van der Waals surface area contributed by atoms with Crippen molar-refractivity contribution < 1.29 is 14.7 Å². The largest absolute Gasteiger partial charge is 0.480 e. The van der Waals surface area contributed by atoms with Crippen LogP contribution in [0.2, 0.25) is 0 Å². The highest BCUT2D eigenvalue weighted by molar-refractivity contribution is 5.95. The number of nitrogens with zero attached hydrogens (tertiary/aromatic N) is 3. The van der Waals surface area contributed by atoms with E-state index in [1.165, 1.54) is 4.90 Å². The number of aryl methyl sites for hydroxylation is 1. The Bertz CT molecular complexity index is 533. The topological polar surface area (TPSA) is 75.4 Å². The summed E-state index contributed by atoms with van der Waals surface area (Å²) in [6.45, 7) is 0.505. The van der Waals surface area contributed by atoms with Gasteiger partial charge in [-0.2, -0.15) is 5.10 Å². The second-order valence-electron chi connectivity index (χ2n) is 5.35.